The fourth-order valence-electron chi connectivity index (χ4n) is 2.60. The van der Waals surface area contributed by atoms with E-state index < -0.39 is 0 Å². The second-order valence-corrected chi connectivity index (χ2v) is 5.46. The summed E-state index contributed by atoms with van der Waals surface area (Å²) in [7, 11) is 2.19. The lowest BCUT2D eigenvalue weighted by Gasteiger charge is -2.19. The number of likely N-dealkylation sites (tertiary alicyclic amines) is 1. The summed E-state index contributed by atoms with van der Waals surface area (Å²) in [4.78, 5) is 2.42. The number of nitrogens with zero attached hydrogens (tertiary/aromatic N) is 1. The van der Waals surface area contributed by atoms with E-state index in [-0.39, 0.29) is 0 Å². The molecule has 1 aromatic carbocycles. The summed E-state index contributed by atoms with van der Waals surface area (Å²) in [6.45, 7) is 4.71. The maximum Gasteiger partial charge on any atom is 0.145 e. The Morgan fingerprint density at radius 2 is 2.15 bits per heavy atom. The van der Waals surface area contributed by atoms with E-state index in [1.165, 1.54) is 19.4 Å². The molecule has 1 aliphatic rings. The van der Waals surface area contributed by atoms with E-state index in [2.05, 4.69) is 18.9 Å². The van der Waals surface area contributed by atoms with E-state index in [1.54, 1.807) is 0 Å². The summed E-state index contributed by atoms with van der Waals surface area (Å²) in [5, 5.41) is 0. The number of benzene rings is 1. The van der Waals surface area contributed by atoms with Gasteiger partial charge in [0.1, 0.15) is 11.5 Å². The van der Waals surface area contributed by atoms with Crippen LogP contribution in [-0.2, 0) is 0 Å². The lowest BCUT2D eigenvalue weighted by atomic mass is 10.1. The average Bonchev–Trinajstić information content (AvgIpc) is 2.85. The summed E-state index contributed by atoms with van der Waals surface area (Å²) in [5.41, 5.74) is 6.56. The normalized spacial score (nSPS) is 19.2. The van der Waals surface area contributed by atoms with Gasteiger partial charge in [0.15, 0.2) is 0 Å². The molecule has 2 rings (SSSR count). The Kier molecular flexibility index (Phi) is 5.53. The van der Waals surface area contributed by atoms with Gasteiger partial charge < -0.3 is 20.1 Å². The zero-order chi connectivity index (χ0) is 14.4. The quantitative estimate of drug-likeness (QED) is 0.779. The topological polar surface area (TPSA) is 47.7 Å². The van der Waals surface area contributed by atoms with Crippen molar-refractivity contribution < 1.29 is 9.47 Å². The van der Waals surface area contributed by atoms with E-state index in [9.17, 15) is 0 Å². The Morgan fingerprint density at radius 1 is 1.30 bits per heavy atom. The highest BCUT2D eigenvalue weighted by Crippen LogP contribution is 2.27. The van der Waals surface area contributed by atoms with Gasteiger partial charge in [-0.25, -0.2) is 0 Å². The molecule has 112 valence electrons. The van der Waals surface area contributed by atoms with E-state index in [0.717, 1.165) is 30.9 Å². The van der Waals surface area contributed by atoms with Gasteiger partial charge in [0.05, 0.1) is 18.9 Å². The molecule has 1 atom stereocenters. The van der Waals surface area contributed by atoms with Crippen LogP contribution < -0.4 is 15.2 Å². The lowest BCUT2D eigenvalue weighted by Crippen LogP contribution is -2.26. The van der Waals surface area contributed by atoms with Gasteiger partial charge in [-0.1, -0.05) is 6.92 Å². The Labute approximate surface area is 121 Å². The maximum atomic E-state index is 5.89. The number of ether oxygens (including phenoxy) is 2. The monoisotopic (exact) mass is 278 g/mol. The first-order chi connectivity index (χ1) is 9.70. The highest BCUT2D eigenvalue weighted by atomic mass is 16.5. The molecule has 0 amide bonds. The van der Waals surface area contributed by atoms with E-state index >= 15 is 0 Å². The minimum absolute atomic E-state index is 0.666. The van der Waals surface area contributed by atoms with Crippen molar-refractivity contribution in [1.82, 2.24) is 4.90 Å². The minimum Gasteiger partial charge on any atom is -0.493 e. The molecule has 4 heteroatoms. The Morgan fingerprint density at radius 3 is 2.85 bits per heavy atom. The van der Waals surface area contributed by atoms with Crippen LogP contribution in [0.4, 0.5) is 5.69 Å². The van der Waals surface area contributed by atoms with Crippen LogP contribution >= 0.6 is 0 Å². The van der Waals surface area contributed by atoms with Crippen molar-refractivity contribution in [2.24, 2.45) is 0 Å². The molecule has 1 aliphatic heterocycles. The van der Waals surface area contributed by atoms with Gasteiger partial charge in [0.2, 0.25) is 0 Å². The first kappa shape index (κ1) is 15.0. The molecule has 1 aromatic rings. The van der Waals surface area contributed by atoms with Gasteiger partial charge in [-0.3, -0.25) is 0 Å². The van der Waals surface area contributed by atoms with Crippen LogP contribution in [0.1, 0.15) is 32.6 Å². The summed E-state index contributed by atoms with van der Waals surface area (Å²) in [5.74, 6) is 1.56. The van der Waals surface area contributed by atoms with Crippen molar-refractivity contribution in [2.75, 3.05) is 32.5 Å². The Bertz CT molecular complexity index is 423. The number of hydrogen-bond donors (Lipinski definition) is 1. The molecule has 1 heterocycles. The SMILES string of the molecule is CCCOc1cc(OCCC2CCCN2C)ccc1N. The maximum absolute atomic E-state index is 5.89. The van der Waals surface area contributed by atoms with Crippen molar-refractivity contribution >= 4 is 5.69 Å². The molecule has 0 radical (unpaired) electrons. The molecule has 0 spiro atoms. The zero-order valence-electron chi connectivity index (χ0n) is 12.6. The number of nitrogen functional groups attached to an aromatic ring is 1. The molecular weight excluding hydrogens is 252 g/mol. The van der Waals surface area contributed by atoms with Crippen molar-refractivity contribution in [3.05, 3.63) is 18.2 Å². The highest BCUT2D eigenvalue weighted by Gasteiger charge is 2.20. The summed E-state index contributed by atoms with van der Waals surface area (Å²) >= 11 is 0. The molecular formula is C16H26N2O2. The van der Waals surface area contributed by atoms with Gasteiger partial charge in [-0.15, -0.1) is 0 Å². The lowest BCUT2D eigenvalue weighted by molar-refractivity contribution is 0.232. The van der Waals surface area contributed by atoms with E-state index in [0.29, 0.717) is 18.3 Å². The van der Waals surface area contributed by atoms with Crippen molar-refractivity contribution in [3.8, 4) is 11.5 Å². The summed E-state index contributed by atoms with van der Waals surface area (Å²) in [6.07, 6.45) is 4.63. The second-order valence-electron chi connectivity index (χ2n) is 5.46. The first-order valence-corrected chi connectivity index (χ1v) is 7.56. The van der Waals surface area contributed by atoms with Crippen LogP contribution in [0.2, 0.25) is 0 Å². The van der Waals surface area contributed by atoms with Gasteiger partial charge >= 0.3 is 0 Å². The molecule has 4 nitrogen and oxygen atoms in total. The Balaban J connectivity index is 1.83. The molecule has 2 N–H and O–H groups in total. The van der Waals surface area contributed by atoms with Crippen LogP contribution in [0.15, 0.2) is 18.2 Å². The molecule has 0 bridgehead atoms. The number of hydrogen-bond acceptors (Lipinski definition) is 4. The largest absolute Gasteiger partial charge is 0.493 e. The van der Waals surface area contributed by atoms with Crippen LogP contribution in [0, 0.1) is 0 Å². The molecule has 0 saturated carbocycles. The second kappa shape index (κ2) is 7.39. The highest BCUT2D eigenvalue weighted by molar-refractivity contribution is 5.55. The standard InChI is InChI=1S/C16H26N2O2/c1-3-10-20-16-12-14(6-7-15(16)17)19-11-8-13-5-4-9-18(13)2/h6-7,12-13H,3-5,8-11,17H2,1-2H3. The fourth-order valence-corrected chi connectivity index (χ4v) is 2.60. The van der Waals surface area contributed by atoms with Gasteiger partial charge in [-0.2, -0.15) is 0 Å². The third-order valence-electron chi connectivity index (χ3n) is 3.84. The van der Waals surface area contributed by atoms with Gasteiger partial charge in [-0.05, 0) is 51.4 Å². The van der Waals surface area contributed by atoms with E-state index in [1.807, 2.05) is 18.2 Å². The third-order valence-corrected chi connectivity index (χ3v) is 3.84. The minimum atomic E-state index is 0.666. The summed E-state index contributed by atoms with van der Waals surface area (Å²) in [6, 6.07) is 6.32. The zero-order valence-corrected chi connectivity index (χ0v) is 12.6. The molecule has 0 aliphatic carbocycles. The fraction of sp³-hybridized carbons (Fsp3) is 0.625. The third kappa shape index (κ3) is 4.04. The summed E-state index contributed by atoms with van der Waals surface area (Å²) < 4.78 is 11.4. The Hall–Kier alpha value is -1.42. The van der Waals surface area contributed by atoms with E-state index in [4.69, 9.17) is 15.2 Å². The molecule has 20 heavy (non-hydrogen) atoms. The predicted molar refractivity (Wildman–Crippen MR) is 82.4 cm³/mol. The first-order valence-electron chi connectivity index (χ1n) is 7.56. The van der Waals surface area contributed by atoms with Gasteiger partial charge in [0, 0.05) is 12.1 Å². The van der Waals surface area contributed by atoms with Crippen molar-refractivity contribution in [2.45, 2.75) is 38.6 Å². The molecule has 1 fully saturated rings. The number of anilines is 1. The van der Waals surface area contributed by atoms with Crippen LogP contribution in [0.3, 0.4) is 0 Å². The van der Waals surface area contributed by atoms with Crippen molar-refractivity contribution in [3.63, 3.8) is 0 Å². The number of nitrogens with two attached hydrogens (primary N) is 1. The molecule has 0 aromatic heterocycles. The number of rotatable bonds is 7. The van der Waals surface area contributed by atoms with Crippen molar-refractivity contribution in [1.29, 1.82) is 0 Å². The van der Waals surface area contributed by atoms with Gasteiger partial charge in [0.25, 0.3) is 0 Å². The van der Waals surface area contributed by atoms with Crippen LogP contribution in [-0.4, -0.2) is 37.7 Å². The predicted octanol–water partition coefficient (Wildman–Crippen LogP) is 2.92. The molecule has 1 saturated heterocycles. The van der Waals surface area contributed by atoms with Crippen LogP contribution in [0.25, 0.3) is 0 Å². The average molecular weight is 278 g/mol. The van der Waals surface area contributed by atoms with Crippen LogP contribution in [0.5, 0.6) is 11.5 Å². The molecule has 1 unspecified atom stereocenters. The smallest absolute Gasteiger partial charge is 0.145 e.